The minimum Gasteiger partial charge on any atom is -0.380 e. The molecule has 108 valence electrons. The van der Waals surface area contributed by atoms with Crippen LogP contribution in [0.5, 0.6) is 0 Å². The smallest absolute Gasteiger partial charge is 0.325 e. The fourth-order valence-corrected chi connectivity index (χ4v) is 2.59. The van der Waals surface area contributed by atoms with E-state index in [9.17, 15) is 9.59 Å². The predicted octanol–water partition coefficient (Wildman–Crippen LogP) is 2.25. The average Bonchev–Trinajstić information content (AvgIpc) is 2.63. The lowest BCUT2D eigenvalue weighted by Gasteiger charge is -2.22. The molecule has 0 bridgehead atoms. The van der Waals surface area contributed by atoms with Crippen LogP contribution in [-0.2, 0) is 15.1 Å². The predicted molar refractivity (Wildman–Crippen MR) is 78.2 cm³/mol. The van der Waals surface area contributed by atoms with E-state index in [-0.39, 0.29) is 18.5 Å². The minimum absolute atomic E-state index is 0.250. The van der Waals surface area contributed by atoms with E-state index in [1.165, 1.54) is 4.90 Å². The number of halogens is 1. The summed E-state index contributed by atoms with van der Waals surface area (Å²) in [6, 6.07) is 7.00. The van der Waals surface area contributed by atoms with Gasteiger partial charge in [0.15, 0.2) is 0 Å². The van der Waals surface area contributed by atoms with Gasteiger partial charge in [0.1, 0.15) is 5.54 Å². The van der Waals surface area contributed by atoms with E-state index in [2.05, 4.69) is 21.2 Å². The van der Waals surface area contributed by atoms with Crippen molar-refractivity contribution >= 4 is 27.9 Å². The van der Waals surface area contributed by atoms with Gasteiger partial charge in [-0.15, -0.1) is 0 Å². The molecule has 1 fully saturated rings. The third-order valence-electron chi connectivity index (χ3n) is 3.34. The lowest BCUT2D eigenvalue weighted by Crippen LogP contribution is -2.41. The highest BCUT2D eigenvalue weighted by Crippen LogP contribution is 2.30. The normalized spacial score (nSPS) is 22.2. The highest BCUT2D eigenvalue weighted by atomic mass is 79.9. The van der Waals surface area contributed by atoms with Crippen molar-refractivity contribution in [1.29, 1.82) is 0 Å². The maximum atomic E-state index is 12.5. The molecular weight excluding hydrogens is 324 g/mol. The Morgan fingerprint density at radius 3 is 2.80 bits per heavy atom. The van der Waals surface area contributed by atoms with Crippen molar-refractivity contribution in [3.05, 3.63) is 34.3 Å². The van der Waals surface area contributed by atoms with Crippen LogP contribution in [0.4, 0.5) is 4.79 Å². The molecule has 1 atom stereocenters. The summed E-state index contributed by atoms with van der Waals surface area (Å²) in [7, 11) is 0. The molecule has 2 rings (SSSR count). The molecular formula is C14H17BrN2O3. The van der Waals surface area contributed by atoms with Gasteiger partial charge in [0.05, 0.1) is 13.2 Å². The summed E-state index contributed by atoms with van der Waals surface area (Å²) < 4.78 is 6.07. The first-order valence-corrected chi connectivity index (χ1v) is 7.26. The van der Waals surface area contributed by atoms with E-state index in [1.54, 1.807) is 6.92 Å². The second-order valence-corrected chi connectivity index (χ2v) is 5.63. The molecule has 20 heavy (non-hydrogen) atoms. The zero-order valence-corrected chi connectivity index (χ0v) is 13.1. The van der Waals surface area contributed by atoms with E-state index >= 15 is 0 Å². The number of carbonyl (C=O) groups excluding carboxylic acids is 2. The van der Waals surface area contributed by atoms with Crippen molar-refractivity contribution < 1.29 is 14.3 Å². The van der Waals surface area contributed by atoms with Gasteiger partial charge >= 0.3 is 6.03 Å². The van der Waals surface area contributed by atoms with Crippen LogP contribution in [-0.4, -0.2) is 36.6 Å². The topological polar surface area (TPSA) is 58.6 Å². The molecule has 1 unspecified atom stereocenters. The molecule has 1 heterocycles. The van der Waals surface area contributed by atoms with Crippen molar-refractivity contribution in [2.45, 2.75) is 19.4 Å². The molecule has 0 saturated carbocycles. The summed E-state index contributed by atoms with van der Waals surface area (Å²) in [5, 5.41) is 2.76. The van der Waals surface area contributed by atoms with E-state index in [1.807, 2.05) is 31.2 Å². The fraction of sp³-hybridized carbons (Fsp3) is 0.429. The standard InChI is InChI=1S/C14H17BrN2O3/c1-3-20-8-7-17-12(18)14(2,16-13(17)19)10-5-4-6-11(15)9-10/h4-6,9H,3,7-8H2,1-2H3,(H,16,19). The van der Waals surface area contributed by atoms with Crippen molar-refractivity contribution in [1.82, 2.24) is 10.2 Å². The molecule has 1 aliphatic heterocycles. The zero-order chi connectivity index (χ0) is 14.8. The molecule has 1 aliphatic rings. The van der Waals surface area contributed by atoms with Crippen molar-refractivity contribution in [2.75, 3.05) is 19.8 Å². The summed E-state index contributed by atoms with van der Waals surface area (Å²) in [6.45, 7) is 4.77. The Balaban J connectivity index is 2.21. The first kappa shape index (κ1) is 15.0. The number of benzene rings is 1. The quantitative estimate of drug-likeness (QED) is 0.660. The summed E-state index contributed by atoms with van der Waals surface area (Å²) in [5.74, 6) is -0.250. The number of ether oxygens (including phenoxy) is 1. The average molecular weight is 341 g/mol. The minimum atomic E-state index is -1.02. The zero-order valence-electron chi connectivity index (χ0n) is 11.5. The van der Waals surface area contributed by atoms with Gasteiger partial charge in [-0.3, -0.25) is 9.69 Å². The van der Waals surface area contributed by atoms with Gasteiger partial charge < -0.3 is 10.1 Å². The Morgan fingerprint density at radius 2 is 2.15 bits per heavy atom. The number of nitrogens with zero attached hydrogens (tertiary/aromatic N) is 1. The van der Waals surface area contributed by atoms with Crippen LogP contribution < -0.4 is 5.32 Å². The summed E-state index contributed by atoms with van der Waals surface area (Å²) in [5.41, 5.74) is -0.267. The van der Waals surface area contributed by atoms with E-state index in [4.69, 9.17) is 4.74 Å². The lowest BCUT2D eigenvalue weighted by molar-refractivity contribution is -0.131. The van der Waals surface area contributed by atoms with Gasteiger partial charge in [-0.05, 0) is 31.5 Å². The molecule has 0 aliphatic carbocycles. The van der Waals surface area contributed by atoms with Crippen LogP contribution in [0.2, 0.25) is 0 Å². The Labute approximate surface area is 126 Å². The summed E-state index contributed by atoms with van der Waals surface area (Å²) in [4.78, 5) is 25.7. The van der Waals surface area contributed by atoms with Crippen LogP contribution in [0, 0.1) is 0 Å². The van der Waals surface area contributed by atoms with Crippen LogP contribution >= 0.6 is 15.9 Å². The van der Waals surface area contributed by atoms with Crippen molar-refractivity contribution in [3.63, 3.8) is 0 Å². The molecule has 1 N–H and O–H groups in total. The highest BCUT2D eigenvalue weighted by Gasteiger charge is 2.48. The number of imide groups is 1. The van der Waals surface area contributed by atoms with Crippen LogP contribution in [0.25, 0.3) is 0 Å². The molecule has 3 amide bonds. The summed E-state index contributed by atoms with van der Waals surface area (Å²) >= 11 is 3.38. The molecule has 0 aromatic heterocycles. The number of rotatable bonds is 5. The van der Waals surface area contributed by atoms with E-state index in [0.717, 1.165) is 10.0 Å². The number of amides is 3. The third-order valence-corrected chi connectivity index (χ3v) is 3.83. The highest BCUT2D eigenvalue weighted by molar-refractivity contribution is 9.10. The van der Waals surface area contributed by atoms with Crippen molar-refractivity contribution in [3.8, 4) is 0 Å². The summed E-state index contributed by atoms with van der Waals surface area (Å²) in [6.07, 6.45) is 0. The molecule has 0 radical (unpaired) electrons. The Bertz CT molecular complexity index is 535. The fourth-order valence-electron chi connectivity index (χ4n) is 2.20. The van der Waals surface area contributed by atoms with Crippen molar-refractivity contribution in [2.24, 2.45) is 0 Å². The van der Waals surface area contributed by atoms with E-state index in [0.29, 0.717) is 13.2 Å². The second-order valence-electron chi connectivity index (χ2n) is 4.72. The number of hydrogen-bond acceptors (Lipinski definition) is 3. The maximum Gasteiger partial charge on any atom is 0.325 e. The maximum absolute atomic E-state index is 12.5. The Hall–Kier alpha value is -1.40. The SMILES string of the molecule is CCOCCN1C(=O)NC(C)(c2cccc(Br)c2)C1=O. The largest absolute Gasteiger partial charge is 0.380 e. The van der Waals surface area contributed by atoms with Gasteiger partial charge in [-0.2, -0.15) is 0 Å². The van der Waals surface area contributed by atoms with Crippen LogP contribution in [0.15, 0.2) is 28.7 Å². The number of carbonyl (C=O) groups is 2. The molecule has 6 heteroatoms. The van der Waals surface area contributed by atoms with Crippen LogP contribution in [0.3, 0.4) is 0 Å². The van der Waals surface area contributed by atoms with Gasteiger partial charge in [0.25, 0.3) is 5.91 Å². The molecule has 0 spiro atoms. The molecule has 1 aromatic carbocycles. The molecule has 1 saturated heterocycles. The number of hydrogen-bond donors (Lipinski definition) is 1. The Kier molecular flexibility index (Phi) is 4.45. The van der Waals surface area contributed by atoms with Gasteiger partial charge in [0.2, 0.25) is 0 Å². The third kappa shape index (κ3) is 2.71. The lowest BCUT2D eigenvalue weighted by atomic mass is 9.92. The monoisotopic (exact) mass is 340 g/mol. The first-order chi connectivity index (χ1) is 9.49. The Morgan fingerprint density at radius 1 is 1.40 bits per heavy atom. The number of urea groups is 1. The van der Waals surface area contributed by atoms with Gasteiger partial charge in [-0.1, -0.05) is 28.1 Å². The van der Waals surface area contributed by atoms with Gasteiger partial charge in [-0.25, -0.2) is 4.79 Å². The number of nitrogens with one attached hydrogen (secondary N) is 1. The van der Waals surface area contributed by atoms with E-state index < -0.39 is 5.54 Å². The van der Waals surface area contributed by atoms with Gasteiger partial charge in [0, 0.05) is 11.1 Å². The molecule has 1 aromatic rings. The second kappa shape index (κ2) is 5.93. The first-order valence-electron chi connectivity index (χ1n) is 6.47. The molecule has 5 nitrogen and oxygen atoms in total. The van der Waals surface area contributed by atoms with Crippen LogP contribution in [0.1, 0.15) is 19.4 Å².